The largest absolute Gasteiger partial charge is 0.454 e. The molecule has 1 aliphatic heterocycles. The van der Waals surface area contributed by atoms with Gasteiger partial charge in [0, 0.05) is 18.7 Å². The average Bonchev–Trinajstić information content (AvgIpc) is 3.23. The van der Waals surface area contributed by atoms with Crippen molar-refractivity contribution in [1.29, 1.82) is 0 Å². The number of ether oxygens (including phenoxy) is 2. The molecule has 0 saturated heterocycles. The number of aryl methyl sites for hydroxylation is 1. The number of benzene rings is 1. The molecule has 1 amide bonds. The number of aromatic nitrogens is 1. The van der Waals surface area contributed by atoms with Gasteiger partial charge in [-0.25, -0.2) is 0 Å². The summed E-state index contributed by atoms with van der Waals surface area (Å²) >= 11 is 2.88. The van der Waals surface area contributed by atoms with Crippen molar-refractivity contribution in [1.82, 2.24) is 4.57 Å². The van der Waals surface area contributed by atoms with E-state index in [4.69, 9.17) is 9.47 Å². The van der Waals surface area contributed by atoms with Gasteiger partial charge in [0.1, 0.15) is 0 Å². The highest BCUT2D eigenvalue weighted by Crippen LogP contribution is 2.36. The number of carbonyl (C=O) groups excluding carboxylic acids is 1. The molecule has 1 aliphatic rings. The maximum absolute atomic E-state index is 12.2. The zero-order chi connectivity index (χ0) is 15.1. The number of hydrogen-bond donors (Lipinski definition) is 0. The van der Waals surface area contributed by atoms with Gasteiger partial charge in [0.2, 0.25) is 6.79 Å². The quantitative estimate of drug-likeness (QED) is 0.724. The van der Waals surface area contributed by atoms with E-state index in [0.29, 0.717) is 9.68 Å². The fourth-order valence-corrected chi connectivity index (χ4v) is 4.10. The standard InChI is InChI=1S/C15H12N2O3S2/c1-2-17-9-6-10-11(20-8-19-10)7-13(9)22-15(17)16-14(18)12-4-3-5-21-12/h3-7H,2,8H2,1H3. The number of nitrogens with zero attached hydrogens (tertiary/aromatic N) is 2. The van der Waals surface area contributed by atoms with Crippen LogP contribution in [0.2, 0.25) is 0 Å². The molecule has 112 valence electrons. The van der Waals surface area contributed by atoms with Crippen LogP contribution in [0.1, 0.15) is 16.6 Å². The first-order chi connectivity index (χ1) is 10.8. The zero-order valence-corrected chi connectivity index (χ0v) is 13.4. The summed E-state index contributed by atoms with van der Waals surface area (Å²) in [6.45, 7) is 3.02. The predicted molar refractivity (Wildman–Crippen MR) is 85.8 cm³/mol. The number of carbonyl (C=O) groups is 1. The molecule has 1 aromatic carbocycles. The minimum atomic E-state index is -0.205. The van der Waals surface area contributed by atoms with Crippen molar-refractivity contribution < 1.29 is 14.3 Å². The van der Waals surface area contributed by atoms with Crippen LogP contribution < -0.4 is 14.3 Å². The molecule has 0 fully saturated rings. The van der Waals surface area contributed by atoms with E-state index in [-0.39, 0.29) is 12.7 Å². The molecule has 3 heterocycles. The van der Waals surface area contributed by atoms with Gasteiger partial charge in [-0.15, -0.1) is 11.3 Å². The van der Waals surface area contributed by atoms with Crippen molar-refractivity contribution in [3.05, 3.63) is 39.3 Å². The monoisotopic (exact) mass is 332 g/mol. The maximum atomic E-state index is 12.2. The van der Waals surface area contributed by atoms with Crippen LogP contribution in [0.15, 0.2) is 34.6 Å². The van der Waals surface area contributed by atoms with Gasteiger partial charge >= 0.3 is 0 Å². The fourth-order valence-electron chi connectivity index (χ4n) is 2.39. The number of amides is 1. The van der Waals surface area contributed by atoms with Gasteiger partial charge in [-0.2, -0.15) is 4.99 Å². The normalized spacial score (nSPS) is 14.0. The van der Waals surface area contributed by atoms with Gasteiger partial charge in [-0.1, -0.05) is 17.4 Å². The molecule has 0 N–H and O–H groups in total. The minimum absolute atomic E-state index is 0.205. The van der Waals surface area contributed by atoms with Gasteiger partial charge in [0.25, 0.3) is 5.91 Å². The van der Waals surface area contributed by atoms with E-state index in [0.717, 1.165) is 28.3 Å². The van der Waals surface area contributed by atoms with Crippen LogP contribution in [0.25, 0.3) is 10.2 Å². The summed E-state index contributed by atoms with van der Waals surface area (Å²) in [6.07, 6.45) is 0. The summed E-state index contributed by atoms with van der Waals surface area (Å²) in [7, 11) is 0. The number of thiophene rings is 1. The van der Waals surface area contributed by atoms with Crippen LogP contribution in [0.5, 0.6) is 11.5 Å². The van der Waals surface area contributed by atoms with Crippen LogP contribution in [0.3, 0.4) is 0 Å². The third-order valence-corrected chi connectivity index (χ3v) is 5.32. The van der Waals surface area contributed by atoms with E-state index >= 15 is 0 Å². The third kappa shape index (κ3) is 2.13. The van der Waals surface area contributed by atoms with E-state index in [1.54, 1.807) is 6.07 Å². The molecule has 7 heteroatoms. The summed E-state index contributed by atoms with van der Waals surface area (Å²) in [6, 6.07) is 7.54. The molecule has 4 rings (SSSR count). The Bertz CT molecular complexity index is 922. The molecule has 0 aliphatic carbocycles. The van der Waals surface area contributed by atoms with Gasteiger partial charge in [-0.3, -0.25) is 4.79 Å². The second-order valence-corrected chi connectivity index (χ2v) is 6.65. The summed E-state index contributed by atoms with van der Waals surface area (Å²) in [5.74, 6) is 1.28. The Kier molecular flexibility index (Phi) is 3.24. The number of hydrogen-bond acceptors (Lipinski definition) is 5. The summed E-state index contributed by atoms with van der Waals surface area (Å²) in [4.78, 5) is 17.8. The first-order valence-corrected chi connectivity index (χ1v) is 8.51. The van der Waals surface area contributed by atoms with E-state index < -0.39 is 0 Å². The first-order valence-electron chi connectivity index (χ1n) is 6.82. The Morgan fingerprint density at radius 1 is 1.36 bits per heavy atom. The highest BCUT2D eigenvalue weighted by atomic mass is 32.1. The zero-order valence-electron chi connectivity index (χ0n) is 11.7. The minimum Gasteiger partial charge on any atom is -0.454 e. The van der Waals surface area contributed by atoms with E-state index in [1.165, 1.54) is 22.7 Å². The Hall–Kier alpha value is -2.12. The third-order valence-electron chi connectivity index (χ3n) is 3.42. The average molecular weight is 332 g/mol. The predicted octanol–water partition coefficient (Wildman–Crippen LogP) is 3.25. The lowest BCUT2D eigenvalue weighted by Gasteiger charge is -2.01. The number of fused-ring (bicyclic) bond motifs is 2. The molecule has 3 aromatic rings. The highest BCUT2D eigenvalue weighted by molar-refractivity contribution is 7.16. The molecular formula is C15H12N2O3S2. The molecule has 22 heavy (non-hydrogen) atoms. The highest BCUT2D eigenvalue weighted by Gasteiger charge is 2.17. The number of rotatable bonds is 2. The van der Waals surface area contributed by atoms with Gasteiger partial charge in [-0.05, 0) is 18.4 Å². The van der Waals surface area contributed by atoms with Crippen molar-refractivity contribution in [2.75, 3.05) is 6.79 Å². The second-order valence-electron chi connectivity index (χ2n) is 4.70. The molecule has 0 unspecified atom stereocenters. The summed E-state index contributed by atoms with van der Waals surface area (Å²) < 4.78 is 13.9. The fraction of sp³-hybridized carbons (Fsp3) is 0.200. The summed E-state index contributed by atoms with van der Waals surface area (Å²) in [5, 5.41) is 1.88. The number of thiazole rings is 1. The lowest BCUT2D eigenvalue weighted by Crippen LogP contribution is -2.15. The Labute approximate surface area is 134 Å². The molecule has 0 radical (unpaired) electrons. The van der Waals surface area contributed by atoms with Crippen LogP contribution in [0.4, 0.5) is 0 Å². The van der Waals surface area contributed by atoms with Crippen molar-refractivity contribution in [3.8, 4) is 11.5 Å². The van der Waals surface area contributed by atoms with E-state index in [2.05, 4.69) is 4.99 Å². The maximum Gasteiger partial charge on any atom is 0.289 e. The van der Waals surface area contributed by atoms with E-state index in [9.17, 15) is 4.79 Å². The molecule has 0 bridgehead atoms. The van der Waals surface area contributed by atoms with Crippen molar-refractivity contribution in [3.63, 3.8) is 0 Å². The van der Waals surface area contributed by atoms with Crippen LogP contribution >= 0.6 is 22.7 Å². The molecule has 0 atom stereocenters. The first kappa shape index (κ1) is 13.5. The molecule has 0 spiro atoms. The molecular weight excluding hydrogens is 320 g/mol. The van der Waals surface area contributed by atoms with Gasteiger partial charge in [0.05, 0.1) is 15.1 Å². The second kappa shape index (κ2) is 5.26. The van der Waals surface area contributed by atoms with Crippen molar-refractivity contribution in [2.24, 2.45) is 4.99 Å². The van der Waals surface area contributed by atoms with Gasteiger partial charge < -0.3 is 14.0 Å². The SMILES string of the molecule is CCn1c(=NC(=O)c2cccs2)sc2cc3c(cc21)OCO3. The summed E-state index contributed by atoms with van der Waals surface area (Å²) in [5.41, 5.74) is 1.01. The Balaban J connectivity index is 1.89. The lowest BCUT2D eigenvalue weighted by molar-refractivity contribution is 0.100. The van der Waals surface area contributed by atoms with Crippen molar-refractivity contribution >= 4 is 38.8 Å². The molecule has 2 aromatic heterocycles. The Morgan fingerprint density at radius 2 is 2.18 bits per heavy atom. The Morgan fingerprint density at radius 3 is 2.91 bits per heavy atom. The smallest absolute Gasteiger partial charge is 0.289 e. The van der Waals surface area contributed by atoms with Crippen LogP contribution in [0, 0.1) is 0 Å². The molecule has 0 saturated carbocycles. The topological polar surface area (TPSA) is 52.8 Å². The van der Waals surface area contributed by atoms with Crippen LogP contribution in [-0.4, -0.2) is 17.3 Å². The van der Waals surface area contributed by atoms with E-state index in [1.807, 2.05) is 35.1 Å². The van der Waals surface area contributed by atoms with Crippen LogP contribution in [-0.2, 0) is 6.54 Å². The van der Waals surface area contributed by atoms with Gasteiger partial charge in [0.15, 0.2) is 16.3 Å². The molecule has 5 nitrogen and oxygen atoms in total. The lowest BCUT2D eigenvalue weighted by atomic mass is 10.3. The van der Waals surface area contributed by atoms with Crippen molar-refractivity contribution in [2.45, 2.75) is 13.5 Å².